The molecule has 1 amide bonds. The van der Waals surface area contributed by atoms with Crippen LogP contribution < -0.4 is 5.32 Å². The molecule has 1 atom stereocenters. The molecule has 0 bridgehead atoms. The SMILES string of the molecule is O=C(NC(CCS)C(=O)O)OCc1ccccc1. The maximum Gasteiger partial charge on any atom is 0.408 e. The maximum absolute atomic E-state index is 11.4. The zero-order valence-corrected chi connectivity index (χ0v) is 10.6. The lowest BCUT2D eigenvalue weighted by atomic mass is 10.2. The predicted octanol–water partition coefficient (Wildman–Crippen LogP) is 1.69. The number of hydrogen-bond acceptors (Lipinski definition) is 4. The van der Waals surface area contributed by atoms with Gasteiger partial charge in [-0.3, -0.25) is 0 Å². The van der Waals surface area contributed by atoms with E-state index in [2.05, 4.69) is 17.9 Å². The molecule has 98 valence electrons. The number of carbonyl (C=O) groups is 2. The van der Waals surface area contributed by atoms with Gasteiger partial charge in [0.15, 0.2) is 0 Å². The van der Waals surface area contributed by atoms with E-state index in [9.17, 15) is 9.59 Å². The van der Waals surface area contributed by atoms with Crippen molar-refractivity contribution in [3.63, 3.8) is 0 Å². The van der Waals surface area contributed by atoms with E-state index in [-0.39, 0.29) is 13.0 Å². The quantitative estimate of drug-likeness (QED) is 0.687. The van der Waals surface area contributed by atoms with Crippen molar-refractivity contribution < 1.29 is 19.4 Å². The number of ether oxygens (including phenoxy) is 1. The molecule has 6 heteroatoms. The van der Waals surface area contributed by atoms with Crippen molar-refractivity contribution in [2.24, 2.45) is 0 Å². The van der Waals surface area contributed by atoms with Gasteiger partial charge in [-0.05, 0) is 17.7 Å². The number of hydrogen-bond donors (Lipinski definition) is 3. The van der Waals surface area contributed by atoms with Crippen LogP contribution in [0.5, 0.6) is 0 Å². The normalized spacial score (nSPS) is 11.6. The Morgan fingerprint density at radius 3 is 2.56 bits per heavy atom. The van der Waals surface area contributed by atoms with Gasteiger partial charge in [-0.15, -0.1) is 0 Å². The number of aliphatic carboxylic acids is 1. The van der Waals surface area contributed by atoms with Gasteiger partial charge in [-0.25, -0.2) is 9.59 Å². The molecule has 1 unspecified atom stereocenters. The van der Waals surface area contributed by atoms with Gasteiger partial charge in [-0.1, -0.05) is 30.3 Å². The molecule has 0 saturated heterocycles. The highest BCUT2D eigenvalue weighted by molar-refractivity contribution is 7.80. The van der Waals surface area contributed by atoms with Crippen molar-refractivity contribution in [2.45, 2.75) is 19.1 Å². The third kappa shape index (κ3) is 5.09. The maximum atomic E-state index is 11.4. The van der Waals surface area contributed by atoms with Gasteiger partial charge in [0, 0.05) is 0 Å². The van der Waals surface area contributed by atoms with Crippen LogP contribution in [0.25, 0.3) is 0 Å². The predicted molar refractivity (Wildman–Crippen MR) is 69.7 cm³/mol. The Labute approximate surface area is 111 Å². The highest BCUT2D eigenvalue weighted by Crippen LogP contribution is 2.01. The number of alkyl carbamates (subject to hydrolysis) is 1. The standard InChI is InChI=1S/C12H15NO4S/c14-11(15)10(6-7-18)13-12(16)17-8-9-4-2-1-3-5-9/h1-5,10,18H,6-8H2,(H,13,16)(H,14,15). The molecule has 0 aliphatic carbocycles. The first-order valence-electron chi connectivity index (χ1n) is 5.44. The monoisotopic (exact) mass is 269 g/mol. The van der Waals surface area contributed by atoms with Crippen molar-refractivity contribution in [2.75, 3.05) is 5.75 Å². The van der Waals surface area contributed by atoms with Crippen molar-refractivity contribution in [1.29, 1.82) is 0 Å². The van der Waals surface area contributed by atoms with Crippen LogP contribution in [0.1, 0.15) is 12.0 Å². The van der Waals surface area contributed by atoms with E-state index in [0.29, 0.717) is 5.75 Å². The van der Waals surface area contributed by atoms with Gasteiger partial charge >= 0.3 is 12.1 Å². The summed E-state index contributed by atoms with van der Waals surface area (Å²) in [6, 6.07) is 8.18. The van der Waals surface area contributed by atoms with Crippen LogP contribution in [0.2, 0.25) is 0 Å². The summed E-state index contributed by atoms with van der Waals surface area (Å²) in [5.41, 5.74) is 0.841. The first kappa shape index (κ1) is 14.4. The molecule has 1 rings (SSSR count). The average Bonchev–Trinajstić information content (AvgIpc) is 2.37. The van der Waals surface area contributed by atoms with Crippen molar-refractivity contribution in [3.05, 3.63) is 35.9 Å². The average molecular weight is 269 g/mol. The molecule has 1 aromatic rings. The zero-order chi connectivity index (χ0) is 13.4. The summed E-state index contributed by atoms with van der Waals surface area (Å²) < 4.78 is 4.92. The molecule has 1 aromatic carbocycles. The molecule has 2 N–H and O–H groups in total. The molecular weight excluding hydrogens is 254 g/mol. The van der Waals surface area contributed by atoms with E-state index in [4.69, 9.17) is 9.84 Å². The van der Waals surface area contributed by atoms with Crippen molar-refractivity contribution in [1.82, 2.24) is 5.32 Å². The number of carbonyl (C=O) groups excluding carboxylic acids is 1. The summed E-state index contributed by atoms with van der Waals surface area (Å²) >= 11 is 3.93. The van der Waals surface area contributed by atoms with Crippen LogP contribution >= 0.6 is 12.6 Å². The topological polar surface area (TPSA) is 75.6 Å². The fourth-order valence-corrected chi connectivity index (χ4v) is 1.55. The molecule has 0 radical (unpaired) electrons. The number of benzene rings is 1. The summed E-state index contributed by atoms with van der Waals surface area (Å²) in [7, 11) is 0. The lowest BCUT2D eigenvalue weighted by Crippen LogP contribution is -2.41. The zero-order valence-electron chi connectivity index (χ0n) is 9.70. The van der Waals surface area contributed by atoms with Gasteiger partial charge in [0.05, 0.1) is 0 Å². The molecule has 5 nitrogen and oxygen atoms in total. The smallest absolute Gasteiger partial charge is 0.408 e. The van der Waals surface area contributed by atoms with Gasteiger partial charge in [-0.2, -0.15) is 12.6 Å². The summed E-state index contributed by atoms with van der Waals surface area (Å²) in [5, 5.41) is 11.1. The van der Waals surface area contributed by atoms with Crippen molar-refractivity contribution in [3.8, 4) is 0 Å². The Hall–Kier alpha value is -1.69. The summed E-state index contributed by atoms with van der Waals surface area (Å²) in [5.74, 6) is -0.726. The summed E-state index contributed by atoms with van der Waals surface area (Å²) in [4.78, 5) is 22.2. The molecule has 0 aliphatic rings. The highest BCUT2D eigenvalue weighted by Gasteiger charge is 2.19. The Morgan fingerprint density at radius 2 is 2.00 bits per heavy atom. The largest absolute Gasteiger partial charge is 0.480 e. The molecular formula is C12H15NO4S. The first-order chi connectivity index (χ1) is 8.63. The van der Waals surface area contributed by atoms with E-state index < -0.39 is 18.1 Å². The second-order valence-electron chi connectivity index (χ2n) is 3.61. The number of rotatable bonds is 6. The number of carboxylic acid groups (broad SMARTS) is 1. The molecule has 0 saturated carbocycles. The molecule has 0 aliphatic heterocycles. The fourth-order valence-electron chi connectivity index (χ4n) is 1.29. The molecule has 0 heterocycles. The van der Waals surface area contributed by atoms with E-state index in [0.717, 1.165) is 5.56 Å². The summed E-state index contributed by atoms with van der Waals surface area (Å²) in [6.45, 7) is 0.111. The van der Waals surface area contributed by atoms with Crippen molar-refractivity contribution >= 4 is 24.7 Å². The Bertz CT molecular complexity index is 396. The number of nitrogens with one attached hydrogen (secondary N) is 1. The lowest BCUT2D eigenvalue weighted by Gasteiger charge is -2.13. The van der Waals surface area contributed by atoms with E-state index >= 15 is 0 Å². The van der Waals surface area contributed by atoms with E-state index in [1.54, 1.807) is 0 Å². The number of carboxylic acids is 1. The van der Waals surface area contributed by atoms with Crippen LogP contribution in [0.3, 0.4) is 0 Å². The molecule has 18 heavy (non-hydrogen) atoms. The Kier molecular flexibility index (Phi) is 6.07. The highest BCUT2D eigenvalue weighted by atomic mass is 32.1. The molecule has 0 fully saturated rings. The van der Waals surface area contributed by atoms with Gasteiger partial charge in [0.1, 0.15) is 12.6 Å². The van der Waals surface area contributed by atoms with Crippen LogP contribution in [-0.4, -0.2) is 29.0 Å². The number of amides is 1. The Morgan fingerprint density at radius 1 is 1.33 bits per heavy atom. The minimum atomic E-state index is -1.10. The minimum absolute atomic E-state index is 0.111. The van der Waals surface area contributed by atoms with Crippen LogP contribution in [0.15, 0.2) is 30.3 Å². The summed E-state index contributed by atoms with van der Waals surface area (Å²) in [6.07, 6.45) is -0.494. The van der Waals surface area contributed by atoms with Gasteiger partial charge in [0.2, 0.25) is 0 Å². The second kappa shape index (κ2) is 7.60. The first-order valence-corrected chi connectivity index (χ1v) is 6.07. The fraction of sp³-hybridized carbons (Fsp3) is 0.333. The molecule has 0 aromatic heterocycles. The minimum Gasteiger partial charge on any atom is -0.480 e. The van der Waals surface area contributed by atoms with Crippen LogP contribution in [0, 0.1) is 0 Å². The van der Waals surface area contributed by atoms with E-state index in [1.165, 1.54) is 0 Å². The third-order valence-corrected chi connectivity index (χ3v) is 2.48. The second-order valence-corrected chi connectivity index (χ2v) is 4.06. The van der Waals surface area contributed by atoms with Crippen LogP contribution in [0.4, 0.5) is 4.79 Å². The van der Waals surface area contributed by atoms with E-state index in [1.807, 2.05) is 30.3 Å². The molecule has 0 spiro atoms. The lowest BCUT2D eigenvalue weighted by molar-refractivity contribution is -0.139. The number of thiol groups is 1. The van der Waals surface area contributed by atoms with Crippen LogP contribution in [-0.2, 0) is 16.1 Å². The van der Waals surface area contributed by atoms with Gasteiger partial charge < -0.3 is 15.2 Å². The third-order valence-electron chi connectivity index (χ3n) is 2.22. The van der Waals surface area contributed by atoms with Gasteiger partial charge in [0.25, 0.3) is 0 Å². The Balaban J connectivity index is 2.39.